The number of rotatable bonds is 5. The van der Waals surface area contributed by atoms with E-state index in [1.807, 2.05) is 30.1 Å². The number of hydrogen-bond acceptors (Lipinski definition) is 5. The summed E-state index contributed by atoms with van der Waals surface area (Å²) >= 11 is 2.00. The fourth-order valence-corrected chi connectivity index (χ4v) is 9.98. The normalized spacial score (nSPS) is 42.9. The highest BCUT2D eigenvalue weighted by atomic mass is 127. The van der Waals surface area contributed by atoms with Crippen LogP contribution in [0, 0.1) is 22.7 Å². The van der Waals surface area contributed by atoms with Crippen LogP contribution < -0.4 is 7.80 Å². The van der Waals surface area contributed by atoms with Gasteiger partial charge in [-0.1, -0.05) is 26.8 Å². The first-order valence-electron chi connectivity index (χ1n) is 13.7. The molecule has 7 aliphatic rings. The average Bonchev–Trinajstić information content (AvgIpc) is 3.56. The number of aliphatic hydroxyl groups is 1. The van der Waals surface area contributed by atoms with Crippen LogP contribution in [0.2, 0.25) is 0 Å². The van der Waals surface area contributed by atoms with Gasteiger partial charge < -0.3 is 17.6 Å². The van der Waals surface area contributed by atoms with Crippen molar-refractivity contribution in [1.29, 1.82) is 0 Å². The zero-order valence-corrected chi connectivity index (χ0v) is 24.0. The molecule has 4 bridgehead atoms. The van der Waals surface area contributed by atoms with Gasteiger partial charge in [0.2, 0.25) is 0 Å². The van der Waals surface area contributed by atoms with E-state index in [0.717, 1.165) is 56.1 Å². The number of hydrogen-bond donors (Lipinski definition) is 1. The summed E-state index contributed by atoms with van der Waals surface area (Å²) < 4.78 is 19.6. The Bertz CT molecular complexity index is 1080. The van der Waals surface area contributed by atoms with Gasteiger partial charge in [0.05, 0.1) is 5.60 Å². The number of methoxy groups -OCH3 is 1. The van der Waals surface area contributed by atoms with Gasteiger partial charge in [-0.15, -0.1) is 0 Å². The molecule has 7 atom stereocenters. The van der Waals surface area contributed by atoms with Crippen molar-refractivity contribution in [2.24, 2.45) is 22.7 Å². The highest BCUT2D eigenvalue weighted by Gasteiger charge is 2.82. The maximum Gasteiger partial charge on any atom is 0.192 e. The van der Waals surface area contributed by atoms with Gasteiger partial charge in [-0.05, 0) is 81.4 Å². The van der Waals surface area contributed by atoms with Crippen molar-refractivity contribution >= 4 is 23.0 Å². The minimum absolute atomic E-state index is 0.00934. The molecule has 0 aromatic heterocycles. The molecule has 0 amide bonds. The van der Waals surface area contributed by atoms with Crippen molar-refractivity contribution in [2.75, 3.05) is 20.2 Å². The molecule has 5 nitrogen and oxygen atoms in total. The number of halogens is 1. The molecule has 0 radical (unpaired) electrons. The third-order valence-electron chi connectivity index (χ3n) is 11.9. The molecule has 1 N–H and O–H groups in total. The Morgan fingerprint density at radius 2 is 1.94 bits per heavy atom. The van der Waals surface area contributed by atoms with Crippen LogP contribution in [0.4, 0.5) is 0 Å². The van der Waals surface area contributed by atoms with Crippen LogP contribution in [0.1, 0.15) is 77.3 Å². The van der Waals surface area contributed by atoms with Crippen LogP contribution in [0.3, 0.4) is 0 Å². The largest absolute Gasteiger partial charge is 0.482 e. The lowest BCUT2D eigenvalue weighted by atomic mass is 9.33. The number of likely N-dealkylation sites (tertiary alicyclic amines) is 1. The molecule has 1 saturated heterocycles. The first-order valence-corrected chi connectivity index (χ1v) is 14.6. The number of benzene rings is 1. The van der Waals surface area contributed by atoms with Gasteiger partial charge in [0.15, 0.2) is 34.5 Å². The van der Waals surface area contributed by atoms with Gasteiger partial charge in [0, 0.05) is 42.0 Å². The summed E-state index contributed by atoms with van der Waals surface area (Å²) in [6, 6.07) is 4.92. The Hall–Kier alpha value is -0.570. The minimum Gasteiger partial charge on any atom is -0.482 e. The molecule has 1 aromatic rings. The standard InChI is InChI=1S/C29H40INO4/c1-25(2,3)26(4,32)20-15-27-10-11-29(20,33-5)24-28(27)12-13-31(16-17-6-7-17)21(27)14-18-8-9-19(35-30)23(34-24)22(18)28/h8-9,17,20-21,24,32H,6-7,10-16H2,1-5H3/t20?,21-,24-,26?,27-,28+,29-/m1/s1. The van der Waals surface area contributed by atoms with E-state index in [4.69, 9.17) is 12.5 Å². The van der Waals surface area contributed by atoms with E-state index in [1.165, 1.54) is 30.5 Å². The third kappa shape index (κ3) is 2.61. The molecule has 5 fully saturated rings. The highest BCUT2D eigenvalue weighted by Crippen LogP contribution is 2.78. The summed E-state index contributed by atoms with van der Waals surface area (Å²) in [5.74, 6) is 2.68. The second kappa shape index (κ2) is 7.09. The minimum atomic E-state index is -0.880. The van der Waals surface area contributed by atoms with Crippen LogP contribution in [-0.2, 0) is 16.6 Å². The number of nitrogens with zero attached hydrogens (tertiary/aromatic N) is 1. The van der Waals surface area contributed by atoms with Crippen molar-refractivity contribution in [3.63, 3.8) is 0 Å². The summed E-state index contributed by atoms with van der Waals surface area (Å²) in [6.45, 7) is 11.0. The number of piperidine rings is 1. The molecule has 192 valence electrons. The molecule has 6 heteroatoms. The Labute approximate surface area is 223 Å². The van der Waals surface area contributed by atoms with Crippen molar-refractivity contribution in [3.8, 4) is 11.5 Å². The molecular weight excluding hydrogens is 553 g/mol. The maximum atomic E-state index is 12.3. The first-order chi connectivity index (χ1) is 16.6. The first kappa shape index (κ1) is 23.5. The Morgan fingerprint density at radius 1 is 1.17 bits per heavy atom. The lowest BCUT2D eigenvalue weighted by Gasteiger charge is -2.75. The van der Waals surface area contributed by atoms with Crippen molar-refractivity contribution < 1.29 is 17.6 Å². The fraction of sp³-hybridized carbons (Fsp3) is 0.793. The van der Waals surface area contributed by atoms with E-state index in [0.29, 0.717) is 6.04 Å². The van der Waals surface area contributed by atoms with Gasteiger partial charge in [-0.25, -0.2) is 0 Å². The third-order valence-corrected chi connectivity index (χ3v) is 12.4. The van der Waals surface area contributed by atoms with Crippen LogP contribution in [-0.4, -0.2) is 53.6 Å². The molecule has 1 aromatic carbocycles. The summed E-state index contributed by atoms with van der Waals surface area (Å²) in [6.07, 6.45) is 7.98. The van der Waals surface area contributed by atoms with E-state index >= 15 is 0 Å². The van der Waals surface area contributed by atoms with E-state index < -0.39 is 11.2 Å². The van der Waals surface area contributed by atoms with Gasteiger partial charge in [0.25, 0.3) is 0 Å². The summed E-state index contributed by atoms with van der Waals surface area (Å²) in [5.41, 5.74) is 1.24. The van der Waals surface area contributed by atoms with E-state index in [1.54, 1.807) is 0 Å². The topological polar surface area (TPSA) is 51.2 Å². The van der Waals surface area contributed by atoms with Crippen molar-refractivity contribution in [1.82, 2.24) is 4.90 Å². The van der Waals surface area contributed by atoms with Crippen LogP contribution in [0.25, 0.3) is 0 Å². The smallest absolute Gasteiger partial charge is 0.192 e. The molecule has 8 rings (SSSR count). The van der Waals surface area contributed by atoms with Crippen LogP contribution in [0.5, 0.6) is 11.5 Å². The number of ether oxygens (including phenoxy) is 2. The Kier molecular flexibility index (Phi) is 4.77. The SMILES string of the molecule is CO[C@]12CC[C@@]3(CC1C(C)(O)C(C)(C)C)[C@H]1Cc4ccc(OI)c5c4[C@@]3(CCN1CC1CC1)[C@H]2O5. The monoisotopic (exact) mass is 593 g/mol. The average molecular weight is 594 g/mol. The van der Waals surface area contributed by atoms with Gasteiger partial charge >= 0.3 is 0 Å². The zero-order chi connectivity index (χ0) is 24.6. The van der Waals surface area contributed by atoms with Gasteiger partial charge in [-0.3, -0.25) is 4.90 Å². The molecule has 35 heavy (non-hydrogen) atoms. The number of fused-ring (bicyclic) bond motifs is 2. The predicted molar refractivity (Wildman–Crippen MR) is 143 cm³/mol. The lowest BCUT2D eigenvalue weighted by molar-refractivity contribution is -0.312. The lowest BCUT2D eigenvalue weighted by Crippen LogP contribution is -2.83. The molecular formula is C29H40INO4. The van der Waals surface area contributed by atoms with E-state index in [-0.39, 0.29) is 28.3 Å². The summed E-state index contributed by atoms with van der Waals surface area (Å²) in [4.78, 5) is 2.86. The Morgan fingerprint density at radius 3 is 2.60 bits per heavy atom. The quantitative estimate of drug-likeness (QED) is 0.462. The van der Waals surface area contributed by atoms with Gasteiger partial charge in [-0.2, -0.15) is 0 Å². The molecule has 2 unspecified atom stereocenters. The fourth-order valence-electron chi connectivity index (χ4n) is 9.63. The van der Waals surface area contributed by atoms with E-state index in [9.17, 15) is 5.11 Å². The zero-order valence-electron chi connectivity index (χ0n) is 21.8. The molecule has 4 saturated carbocycles. The summed E-state index contributed by atoms with van der Waals surface area (Å²) in [5, 5.41) is 12.3. The molecule has 2 spiro atoms. The molecule has 5 aliphatic carbocycles. The van der Waals surface area contributed by atoms with Crippen molar-refractivity contribution in [2.45, 2.75) is 101 Å². The van der Waals surface area contributed by atoms with E-state index in [2.05, 4.69) is 44.7 Å². The Balaban J connectivity index is 1.48. The van der Waals surface area contributed by atoms with Crippen LogP contribution >= 0.6 is 23.0 Å². The molecule has 2 heterocycles. The highest BCUT2D eigenvalue weighted by molar-refractivity contribution is 14.1. The predicted octanol–water partition coefficient (Wildman–Crippen LogP) is 5.44. The second-order valence-electron chi connectivity index (χ2n) is 13.9. The van der Waals surface area contributed by atoms with Crippen LogP contribution in [0.15, 0.2) is 12.1 Å². The van der Waals surface area contributed by atoms with Crippen molar-refractivity contribution in [3.05, 3.63) is 23.3 Å². The summed E-state index contributed by atoms with van der Waals surface area (Å²) in [7, 11) is 1.87. The maximum absolute atomic E-state index is 12.3. The van der Waals surface area contributed by atoms with Gasteiger partial charge in [0.1, 0.15) is 11.7 Å². The second-order valence-corrected chi connectivity index (χ2v) is 14.3. The molecule has 2 aliphatic heterocycles.